The van der Waals surface area contributed by atoms with Crippen molar-refractivity contribution < 1.29 is 23.0 Å². The summed E-state index contributed by atoms with van der Waals surface area (Å²) in [6, 6.07) is 6.71. The molecule has 2 N–H and O–H groups in total. The molecule has 6 rings (SSSR count). The van der Waals surface area contributed by atoms with Crippen LogP contribution < -0.4 is 15.0 Å². The number of fused-ring (bicyclic) bond motifs is 2. The zero-order valence-electron chi connectivity index (χ0n) is 21.1. The lowest BCUT2D eigenvalue weighted by Gasteiger charge is -2.26. The molecule has 2 aliphatic heterocycles. The SMILES string of the molecule is CN1CCC[C@H]1COc1nc(N2CCNCC(F)(F)C2)c2cc(Cl)c(-c3cccc4sc(O)nc34)c(F)c2n1. The summed E-state index contributed by atoms with van der Waals surface area (Å²) in [5.74, 6) is -3.63. The summed E-state index contributed by atoms with van der Waals surface area (Å²) >= 11 is 7.72. The second kappa shape index (κ2) is 10.2. The van der Waals surface area contributed by atoms with E-state index in [0.29, 0.717) is 28.9 Å². The number of ether oxygens (including phenoxy) is 1. The molecule has 0 unspecified atom stereocenters. The Morgan fingerprint density at radius 2 is 2.08 bits per heavy atom. The minimum atomic E-state index is -3.02. The number of likely N-dealkylation sites (tertiary alicyclic amines) is 1. The van der Waals surface area contributed by atoms with E-state index in [1.807, 2.05) is 7.05 Å². The molecule has 4 aromatic rings. The molecule has 0 saturated carbocycles. The predicted octanol–water partition coefficient (Wildman–Crippen LogP) is 4.92. The number of hydrogen-bond donors (Lipinski definition) is 2. The van der Waals surface area contributed by atoms with E-state index in [-0.39, 0.29) is 51.1 Å². The molecule has 39 heavy (non-hydrogen) atoms. The third-order valence-corrected chi connectivity index (χ3v) is 8.38. The van der Waals surface area contributed by atoms with Gasteiger partial charge in [0, 0.05) is 35.6 Å². The first-order valence-corrected chi connectivity index (χ1v) is 13.8. The lowest BCUT2D eigenvalue weighted by molar-refractivity contribution is 0.0156. The number of aromatic nitrogens is 3. The van der Waals surface area contributed by atoms with Gasteiger partial charge in [0.1, 0.15) is 17.9 Å². The van der Waals surface area contributed by atoms with E-state index >= 15 is 4.39 Å². The van der Waals surface area contributed by atoms with Gasteiger partial charge in [0.15, 0.2) is 5.82 Å². The van der Waals surface area contributed by atoms with Crippen molar-refractivity contribution in [3.8, 4) is 22.3 Å². The number of hydrogen-bond acceptors (Lipinski definition) is 9. The molecule has 2 fully saturated rings. The van der Waals surface area contributed by atoms with Crippen LogP contribution in [0.5, 0.6) is 11.2 Å². The standard InChI is InChI=1S/C26H26ClF3N6O2S/c1-35-8-3-4-14(35)11-38-24-32-22-16(23(34-24)36-9-7-31-12-26(29,30)13-36)10-17(27)19(20(22)28)15-5-2-6-18-21(15)33-25(37)39-18/h2,5-6,10,14,31H,3-4,7-9,11-13H2,1H3,(H,33,37)/t14-/m0/s1. The first-order chi connectivity index (χ1) is 18.7. The molecule has 1 atom stereocenters. The van der Waals surface area contributed by atoms with Gasteiger partial charge >= 0.3 is 6.01 Å². The lowest BCUT2D eigenvalue weighted by atomic mass is 10.0. The summed E-state index contributed by atoms with van der Waals surface area (Å²) in [4.78, 5) is 16.7. The van der Waals surface area contributed by atoms with Crippen LogP contribution in [0.1, 0.15) is 12.8 Å². The second-order valence-corrected chi connectivity index (χ2v) is 11.4. The van der Waals surface area contributed by atoms with Crippen molar-refractivity contribution >= 4 is 49.9 Å². The van der Waals surface area contributed by atoms with Crippen LogP contribution in [0.3, 0.4) is 0 Å². The molecule has 0 bridgehead atoms. The fourth-order valence-corrected chi connectivity index (χ4v) is 6.32. The van der Waals surface area contributed by atoms with Gasteiger partial charge in [0.25, 0.3) is 11.1 Å². The average Bonchev–Trinajstić information content (AvgIpc) is 3.43. The van der Waals surface area contributed by atoms with Crippen LogP contribution in [0.25, 0.3) is 32.2 Å². The number of anilines is 1. The molecule has 2 aliphatic rings. The maximum atomic E-state index is 16.4. The van der Waals surface area contributed by atoms with Crippen LogP contribution in [0, 0.1) is 5.82 Å². The van der Waals surface area contributed by atoms with E-state index < -0.39 is 24.8 Å². The van der Waals surface area contributed by atoms with Crippen LogP contribution in [0.4, 0.5) is 19.0 Å². The Bertz CT molecular complexity index is 1550. The summed E-state index contributed by atoms with van der Waals surface area (Å²) < 4.78 is 52.2. The molecule has 2 saturated heterocycles. The fourth-order valence-electron chi connectivity index (χ4n) is 5.29. The van der Waals surface area contributed by atoms with Gasteiger partial charge in [-0.3, -0.25) is 0 Å². The number of benzene rings is 2. The topological polar surface area (TPSA) is 86.6 Å². The van der Waals surface area contributed by atoms with Gasteiger partial charge in [0.05, 0.1) is 28.3 Å². The van der Waals surface area contributed by atoms with Gasteiger partial charge in [-0.1, -0.05) is 35.1 Å². The van der Waals surface area contributed by atoms with Crippen LogP contribution in [-0.4, -0.2) is 83.3 Å². The Morgan fingerprint density at radius 1 is 1.23 bits per heavy atom. The van der Waals surface area contributed by atoms with Gasteiger partial charge in [0.2, 0.25) is 0 Å². The Balaban J connectivity index is 1.51. The van der Waals surface area contributed by atoms with Crippen LogP contribution in [0.2, 0.25) is 5.02 Å². The smallest absolute Gasteiger partial charge is 0.319 e. The fraction of sp³-hybridized carbons (Fsp3) is 0.423. The van der Waals surface area contributed by atoms with E-state index in [9.17, 15) is 13.9 Å². The van der Waals surface area contributed by atoms with Crippen molar-refractivity contribution in [2.24, 2.45) is 0 Å². The Kier molecular flexibility index (Phi) is 6.90. The summed E-state index contributed by atoms with van der Waals surface area (Å²) in [7, 11) is 2.00. The molecule has 0 radical (unpaired) electrons. The molecule has 13 heteroatoms. The number of likely N-dealkylation sites (N-methyl/N-ethyl adjacent to an activating group) is 1. The number of nitrogens with zero attached hydrogens (tertiary/aromatic N) is 5. The number of rotatable bonds is 5. The Labute approximate surface area is 231 Å². The third-order valence-electron chi connectivity index (χ3n) is 7.26. The van der Waals surface area contributed by atoms with Gasteiger partial charge < -0.3 is 25.0 Å². The first-order valence-electron chi connectivity index (χ1n) is 12.7. The highest BCUT2D eigenvalue weighted by Crippen LogP contribution is 2.42. The number of nitrogens with one attached hydrogen (secondary N) is 1. The molecule has 0 spiro atoms. The zero-order valence-corrected chi connectivity index (χ0v) is 22.6. The second-order valence-electron chi connectivity index (χ2n) is 9.96. The number of para-hydroxylation sites is 1. The van der Waals surface area contributed by atoms with Crippen LogP contribution >= 0.6 is 22.9 Å². The molecule has 4 heterocycles. The number of thiazole rings is 1. The highest BCUT2D eigenvalue weighted by Gasteiger charge is 2.35. The normalized spacial score (nSPS) is 20.1. The van der Waals surface area contributed by atoms with E-state index in [4.69, 9.17) is 16.3 Å². The monoisotopic (exact) mass is 578 g/mol. The Morgan fingerprint density at radius 3 is 2.87 bits per heavy atom. The number of halogens is 4. The highest BCUT2D eigenvalue weighted by atomic mass is 35.5. The van der Waals surface area contributed by atoms with Crippen molar-refractivity contribution in [3.05, 3.63) is 35.1 Å². The largest absolute Gasteiger partial charge is 0.486 e. The average molecular weight is 579 g/mol. The van der Waals surface area contributed by atoms with Crippen molar-refractivity contribution in [1.29, 1.82) is 0 Å². The van der Waals surface area contributed by atoms with Crippen molar-refractivity contribution in [3.63, 3.8) is 0 Å². The molecule has 8 nitrogen and oxygen atoms in total. The van der Waals surface area contributed by atoms with Crippen molar-refractivity contribution in [1.82, 2.24) is 25.2 Å². The quantitative estimate of drug-likeness (QED) is 0.345. The van der Waals surface area contributed by atoms with E-state index in [2.05, 4.69) is 25.2 Å². The molecular formula is C26H26ClF3N6O2S. The van der Waals surface area contributed by atoms with Gasteiger partial charge in [-0.15, -0.1) is 0 Å². The minimum absolute atomic E-state index is 0.0470. The van der Waals surface area contributed by atoms with Crippen molar-refractivity contribution in [2.75, 3.05) is 51.3 Å². The number of alkyl halides is 2. The summed E-state index contributed by atoms with van der Waals surface area (Å²) in [6.45, 7) is 0.697. The maximum absolute atomic E-state index is 16.4. The summed E-state index contributed by atoms with van der Waals surface area (Å²) in [5.41, 5.74) is 0.739. The predicted molar refractivity (Wildman–Crippen MR) is 146 cm³/mol. The van der Waals surface area contributed by atoms with Gasteiger partial charge in [-0.2, -0.15) is 9.97 Å². The van der Waals surface area contributed by atoms with Crippen molar-refractivity contribution in [2.45, 2.75) is 24.8 Å². The van der Waals surface area contributed by atoms with E-state index in [1.54, 1.807) is 18.2 Å². The maximum Gasteiger partial charge on any atom is 0.319 e. The molecule has 206 valence electrons. The molecular weight excluding hydrogens is 553 g/mol. The molecule has 2 aromatic carbocycles. The number of aromatic hydroxyl groups is 1. The highest BCUT2D eigenvalue weighted by molar-refractivity contribution is 7.20. The minimum Gasteiger partial charge on any atom is -0.486 e. The summed E-state index contributed by atoms with van der Waals surface area (Å²) in [6.07, 6.45) is 1.98. The lowest BCUT2D eigenvalue weighted by Crippen LogP contribution is -2.39. The Hall–Kier alpha value is -2.93. The first kappa shape index (κ1) is 26.3. The van der Waals surface area contributed by atoms with Gasteiger partial charge in [-0.25, -0.2) is 18.2 Å². The molecule has 0 aliphatic carbocycles. The van der Waals surface area contributed by atoms with Gasteiger partial charge in [-0.05, 0) is 38.6 Å². The van der Waals surface area contributed by atoms with Crippen LogP contribution in [0.15, 0.2) is 24.3 Å². The van der Waals surface area contributed by atoms with E-state index in [0.717, 1.165) is 30.7 Å². The molecule has 2 aromatic heterocycles. The summed E-state index contributed by atoms with van der Waals surface area (Å²) in [5, 5.41) is 12.8. The molecule has 0 amide bonds. The third kappa shape index (κ3) is 5.06. The van der Waals surface area contributed by atoms with E-state index in [1.165, 1.54) is 11.0 Å². The van der Waals surface area contributed by atoms with Crippen LogP contribution in [-0.2, 0) is 0 Å². The zero-order chi connectivity index (χ0) is 27.3.